The number of amides is 2. The zero-order valence-electron chi connectivity index (χ0n) is 15.7. The number of rotatable bonds is 6. The van der Waals surface area contributed by atoms with E-state index in [1.807, 2.05) is 31.9 Å². The summed E-state index contributed by atoms with van der Waals surface area (Å²) in [5.74, 6) is 0.236. The molecule has 0 aliphatic heterocycles. The van der Waals surface area contributed by atoms with Crippen LogP contribution in [-0.2, 0) is 4.79 Å². The molecule has 0 spiro atoms. The Bertz CT molecular complexity index is 594. The Morgan fingerprint density at radius 2 is 1.80 bits per heavy atom. The fourth-order valence-electron chi connectivity index (χ4n) is 3.43. The third kappa shape index (κ3) is 4.74. The molecule has 2 rings (SSSR count). The largest absolute Gasteiger partial charge is 0.496 e. The van der Waals surface area contributed by atoms with Gasteiger partial charge in [-0.25, -0.2) is 0 Å². The minimum absolute atomic E-state index is 0.00912. The van der Waals surface area contributed by atoms with Crippen LogP contribution in [0.2, 0.25) is 0 Å². The van der Waals surface area contributed by atoms with Gasteiger partial charge in [0.1, 0.15) is 11.8 Å². The Hall–Kier alpha value is -2.04. The maximum atomic E-state index is 13.0. The minimum Gasteiger partial charge on any atom is -0.496 e. The molecule has 1 unspecified atom stereocenters. The maximum Gasteiger partial charge on any atom is 0.255 e. The molecule has 0 bridgehead atoms. The van der Waals surface area contributed by atoms with Gasteiger partial charge in [-0.05, 0) is 30.9 Å². The summed E-state index contributed by atoms with van der Waals surface area (Å²) in [5.41, 5.74) is 0.448. The lowest BCUT2D eigenvalue weighted by Gasteiger charge is -2.35. The van der Waals surface area contributed by atoms with Crippen molar-refractivity contribution in [2.75, 3.05) is 14.2 Å². The topological polar surface area (TPSA) is 58.6 Å². The summed E-state index contributed by atoms with van der Waals surface area (Å²) in [7, 11) is 3.40. The van der Waals surface area contributed by atoms with Gasteiger partial charge in [-0.1, -0.05) is 45.2 Å². The Kier molecular flexibility index (Phi) is 6.85. The molecular weight excluding hydrogens is 316 g/mol. The normalized spacial score (nSPS) is 16.4. The number of nitrogens with zero attached hydrogens (tertiary/aromatic N) is 1. The van der Waals surface area contributed by atoms with Crippen LogP contribution >= 0.6 is 0 Å². The van der Waals surface area contributed by atoms with Gasteiger partial charge in [-0.2, -0.15) is 0 Å². The molecule has 138 valence electrons. The first-order valence-electron chi connectivity index (χ1n) is 9.16. The molecule has 1 saturated carbocycles. The minimum atomic E-state index is -0.538. The van der Waals surface area contributed by atoms with E-state index < -0.39 is 6.04 Å². The van der Waals surface area contributed by atoms with Crippen molar-refractivity contribution in [3.05, 3.63) is 29.8 Å². The van der Waals surface area contributed by atoms with Gasteiger partial charge in [0.25, 0.3) is 5.91 Å². The molecule has 5 heteroatoms. The van der Waals surface area contributed by atoms with Crippen molar-refractivity contribution < 1.29 is 14.3 Å². The summed E-state index contributed by atoms with van der Waals surface area (Å²) >= 11 is 0. The third-order valence-corrected chi connectivity index (χ3v) is 5.04. The summed E-state index contributed by atoms with van der Waals surface area (Å²) in [6, 6.07) is 6.81. The van der Waals surface area contributed by atoms with E-state index in [2.05, 4.69) is 5.32 Å². The van der Waals surface area contributed by atoms with Crippen LogP contribution in [0, 0.1) is 5.92 Å². The lowest BCUT2D eigenvalue weighted by Crippen LogP contribution is -2.53. The van der Waals surface area contributed by atoms with E-state index in [-0.39, 0.29) is 23.8 Å². The van der Waals surface area contributed by atoms with Crippen molar-refractivity contribution in [3.8, 4) is 5.75 Å². The zero-order chi connectivity index (χ0) is 18.4. The van der Waals surface area contributed by atoms with Crippen molar-refractivity contribution in [1.29, 1.82) is 0 Å². The predicted molar refractivity (Wildman–Crippen MR) is 98.7 cm³/mol. The predicted octanol–water partition coefficient (Wildman–Crippen LogP) is 3.24. The number of likely N-dealkylation sites (N-methyl/N-ethyl adjacent to an activating group) is 1. The zero-order valence-corrected chi connectivity index (χ0v) is 15.7. The molecular formula is C20H30N2O3. The van der Waals surface area contributed by atoms with Crippen molar-refractivity contribution in [2.45, 2.75) is 58.0 Å². The lowest BCUT2D eigenvalue weighted by atomic mass is 9.93. The van der Waals surface area contributed by atoms with E-state index in [0.717, 1.165) is 12.8 Å². The molecule has 25 heavy (non-hydrogen) atoms. The first-order chi connectivity index (χ1) is 12.0. The quantitative estimate of drug-likeness (QED) is 0.860. The summed E-state index contributed by atoms with van der Waals surface area (Å²) in [4.78, 5) is 27.5. The number of para-hydroxylation sites is 1. The van der Waals surface area contributed by atoms with Crippen LogP contribution < -0.4 is 10.1 Å². The van der Waals surface area contributed by atoms with Crippen molar-refractivity contribution in [2.24, 2.45) is 5.92 Å². The molecule has 5 nitrogen and oxygen atoms in total. The summed E-state index contributed by atoms with van der Waals surface area (Å²) in [6.07, 6.45) is 5.68. The van der Waals surface area contributed by atoms with Gasteiger partial charge >= 0.3 is 0 Å². The number of carbonyl (C=O) groups is 2. The second kappa shape index (κ2) is 8.88. The highest BCUT2D eigenvalue weighted by molar-refractivity contribution is 5.99. The van der Waals surface area contributed by atoms with E-state index in [0.29, 0.717) is 11.3 Å². The number of benzene rings is 1. The van der Waals surface area contributed by atoms with Crippen molar-refractivity contribution in [3.63, 3.8) is 0 Å². The summed E-state index contributed by atoms with van der Waals surface area (Å²) < 4.78 is 5.26. The van der Waals surface area contributed by atoms with Crippen molar-refractivity contribution >= 4 is 11.8 Å². The average molecular weight is 346 g/mol. The highest BCUT2D eigenvalue weighted by Gasteiger charge is 2.31. The van der Waals surface area contributed by atoms with Crippen LogP contribution in [0.3, 0.4) is 0 Å². The number of carbonyl (C=O) groups excluding carboxylic acids is 2. The van der Waals surface area contributed by atoms with Gasteiger partial charge in [0.2, 0.25) is 5.91 Å². The van der Waals surface area contributed by atoms with E-state index in [4.69, 9.17) is 4.74 Å². The van der Waals surface area contributed by atoms with Gasteiger partial charge < -0.3 is 15.0 Å². The van der Waals surface area contributed by atoms with E-state index >= 15 is 0 Å². The average Bonchev–Trinajstić information content (AvgIpc) is 2.65. The van der Waals surface area contributed by atoms with E-state index in [1.165, 1.54) is 26.4 Å². The van der Waals surface area contributed by atoms with Gasteiger partial charge in [0.15, 0.2) is 0 Å². The van der Waals surface area contributed by atoms with Crippen LogP contribution in [0.25, 0.3) is 0 Å². The molecule has 1 N–H and O–H groups in total. The van der Waals surface area contributed by atoms with Gasteiger partial charge in [0, 0.05) is 13.1 Å². The van der Waals surface area contributed by atoms with E-state index in [9.17, 15) is 9.59 Å². The molecule has 1 fully saturated rings. The standard InChI is InChI=1S/C20H30N2O3/c1-14(2)18(20(24)22(3)15-10-6-5-7-11-15)21-19(23)16-12-8-9-13-17(16)25-4/h8-9,12-15,18H,5-7,10-11H2,1-4H3,(H,21,23). The highest BCUT2D eigenvalue weighted by atomic mass is 16.5. The molecule has 1 atom stereocenters. The smallest absolute Gasteiger partial charge is 0.255 e. The van der Waals surface area contributed by atoms with Crippen LogP contribution in [0.1, 0.15) is 56.3 Å². The molecule has 1 aromatic rings. The number of nitrogens with one attached hydrogen (secondary N) is 1. The molecule has 0 heterocycles. The molecule has 1 aromatic carbocycles. The van der Waals surface area contributed by atoms with Crippen LogP contribution in [0.5, 0.6) is 5.75 Å². The Morgan fingerprint density at radius 3 is 2.40 bits per heavy atom. The number of hydrogen-bond acceptors (Lipinski definition) is 3. The number of ether oxygens (including phenoxy) is 1. The second-order valence-electron chi connectivity index (χ2n) is 7.14. The molecule has 0 saturated heterocycles. The monoisotopic (exact) mass is 346 g/mol. The Balaban J connectivity index is 2.11. The molecule has 0 aromatic heterocycles. The molecule has 1 aliphatic rings. The molecule has 2 amide bonds. The number of hydrogen-bond donors (Lipinski definition) is 1. The van der Waals surface area contributed by atoms with Crippen molar-refractivity contribution in [1.82, 2.24) is 10.2 Å². The van der Waals surface area contributed by atoms with Crippen LogP contribution in [-0.4, -0.2) is 43.0 Å². The Labute approximate surface area is 150 Å². The van der Waals surface area contributed by atoms with Gasteiger partial charge in [-0.3, -0.25) is 9.59 Å². The third-order valence-electron chi connectivity index (χ3n) is 5.04. The summed E-state index contributed by atoms with van der Waals surface area (Å²) in [6.45, 7) is 3.92. The van der Waals surface area contributed by atoms with E-state index in [1.54, 1.807) is 18.2 Å². The maximum absolute atomic E-state index is 13.0. The Morgan fingerprint density at radius 1 is 1.16 bits per heavy atom. The second-order valence-corrected chi connectivity index (χ2v) is 7.14. The van der Waals surface area contributed by atoms with Gasteiger partial charge in [0.05, 0.1) is 12.7 Å². The first-order valence-corrected chi connectivity index (χ1v) is 9.16. The van der Waals surface area contributed by atoms with Crippen LogP contribution in [0.15, 0.2) is 24.3 Å². The van der Waals surface area contributed by atoms with Crippen LogP contribution in [0.4, 0.5) is 0 Å². The first kappa shape index (κ1) is 19.3. The highest BCUT2D eigenvalue weighted by Crippen LogP contribution is 2.23. The number of methoxy groups -OCH3 is 1. The fraction of sp³-hybridized carbons (Fsp3) is 0.600. The summed E-state index contributed by atoms with van der Waals surface area (Å²) in [5, 5.41) is 2.92. The molecule has 1 aliphatic carbocycles. The lowest BCUT2D eigenvalue weighted by molar-refractivity contribution is -0.135. The SMILES string of the molecule is COc1ccccc1C(=O)NC(C(=O)N(C)C1CCCCC1)C(C)C. The van der Waals surface area contributed by atoms with Gasteiger partial charge in [-0.15, -0.1) is 0 Å². The fourth-order valence-corrected chi connectivity index (χ4v) is 3.43. The molecule has 0 radical (unpaired) electrons.